The molecule has 0 bridgehead atoms. The predicted molar refractivity (Wildman–Crippen MR) is 103 cm³/mol. The summed E-state index contributed by atoms with van der Waals surface area (Å²) in [4.78, 5) is 23.7. The molecular weight excluding hydrogens is 438 g/mol. The first-order valence-electron chi connectivity index (χ1n) is 8.06. The molecule has 2 amide bonds. The quantitative estimate of drug-likeness (QED) is 0.518. The Kier molecular flexibility index (Phi) is 7.17. The highest BCUT2D eigenvalue weighted by Gasteiger charge is 2.16. The van der Waals surface area contributed by atoms with Crippen LogP contribution in [0.4, 0.5) is 0 Å². The van der Waals surface area contributed by atoms with Crippen LogP contribution in [0.5, 0.6) is 0 Å². The summed E-state index contributed by atoms with van der Waals surface area (Å²) in [7, 11) is -3.66. The van der Waals surface area contributed by atoms with E-state index < -0.39 is 21.8 Å². The van der Waals surface area contributed by atoms with E-state index in [1.807, 2.05) is 13.0 Å². The van der Waals surface area contributed by atoms with Crippen molar-refractivity contribution >= 4 is 37.8 Å². The highest BCUT2D eigenvalue weighted by Crippen LogP contribution is 2.16. The molecule has 2 rings (SSSR count). The van der Waals surface area contributed by atoms with Gasteiger partial charge in [-0.15, -0.1) is 0 Å². The summed E-state index contributed by atoms with van der Waals surface area (Å²) in [6, 6.07) is 8.21. The van der Waals surface area contributed by atoms with Gasteiger partial charge in [-0.1, -0.05) is 12.1 Å². The zero-order valence-corrected chi connectivity index (χ0v) is 17.2. The standard InChI is InChI=1S/C17H20BrN3O5S/c1-11-3-4-12(2)14(9-11)27(24,25)21-8-7-19-16(22)10-20-17(23)13-5-6-15(18)26-13/h3-6,9,21H,7-8,10H2,1-2H3,(H,19,22)(H,20,23). The van der Waals surface area contributed by atoms with Gasteiger partial charge in [-0.25, -0.2) is 13.1 Å². The Hall–Kier alpha value is -2.17. The maximum Gasteiger partial charge on any atom is 0.287 e. The number of carbonyl (C=O) groups is 2. The van der Waals surface area contributed by atoms with Crippen LogP contribution in [0.2, 0.25) is 0 Å². The second-order valence-corrected chi connectivity index (χ2v) is 8.32. The van der Waals surface area contributed by atoms with Gasteiger partial charge in [0.2, 0.25) is 15.9 Å². The number of amides is 2. The van der Waals surface area contributed by atoms with E-state index >= 15 is 0 Å². The Morgan fingerprint density at radius 2 is 1.81 bits per heavy atom. The highest BCUT2D eigenvalue weighted by molar-refractivity contribution is 9.10. The summed E-state index contributed by atoms with van der Waals surface area (Å²) in [6.45, 7) is 3.40. The second kappa shape index (κ2) is 9.16. The van der Waals surface area contributed by atoms with E-state index in [9.17, 15) is 18.0 Å². The molecule has 8 nitrogen and oxygen atoms in total. The monoisotopic (exact) mass is 457 g/mol. The highest BCUT2D eigenvalue weighted by atomic mass is 79.9. The number of halogens is 1. The molecule has 3 N–H and O–H groups in total. The molecule has 27 heavy (non-hydrogen) atoms. The number of aryl methyl sites for hydroxylation is 2. The van der Waals surface area contributed by atoms with Crippen molar-refractivity contribution in [2.75, 3.05) is 19.6 Å². The molecule has 10 heteroatoms. The third-order valence-electron chi connectivity index (χ3n) is 3.58. The van der Waals surface area contributed by atoms with Crippen LogP contribution in [0.3, 0.4) is 0 Å². The van der Waals surface area contributed by atoms with E-state index in [4.69, 9.17) is 4.42 Å². The van der Waals surface area contributed by atoms with Gasteiger partial charge in [0, 0.05) is 13.1 Å². The van der Waals surface area contributed by atoms with Gasteiger partial charge in [0.25, 0.3) is 5.91 Å². The van der Waals surface area contributed by atoms with Crippen LogP contribution in [0.15, 0.2) is 44.3 Å². The van der Waals surface area contributed by atoms with Crippen molar-refractivity contribution in [1.82, 2.24) is 15.4 Å². The Morgan fingerprint density at radius 3 is 2.48 bits per heavy atom. The molecule has 146 valence electrons. The van der Waals surface area contributed by atoms with Gasteiger partial charge in [0.15, 0.2) is 10.4 Å². The molecule has 0 fully saturated rings. The van der Waals surface area contributed by atoms with E-state index in [1.165, 1.54) is 6.07 Å². The first-order valence-corrected chi connectivity index (χ1v) is 10.3. The van der Waals surface area contributed by atoms with Crippen molar-refractivity contribution in [2.45, 2.75) is 18.7 Å². The number of carbonyl (C=O) groups excluding carboxylic acids is 2. The molecule has 0 unspecified atom stereocenters. The topological polar surface area (TPSA) is 118 Å². The van der Waals surface area contributed by atoms with Crippen molar-refractivity contribution in [3.63, 3.8) is 0 Å². The lowest BCUT2D eigenvalue weighted by molar-refractivity contribution is -0.120. The third-order valence-corrected chi connectivity index (χ3v) is 5.61. The van der Waals surface area contributed by atoms with E-state index in [0.29, 0.717) is 10.2 Å². The minimum Gasteiger partial charge on any atom is -0.444 e. The van der Waals surface area contributed by atoms with E-state index in [2.05, 4.69) is 31.3 Å². The molecule has 0 aliphatic carbocycles. The maximum atomic E-state index is 12.3. The largest absolute Gasteiger partial charge is 0.444 e. The van der Waals surface area contributed by atoms with Crippen molar-refractivity contribution < 1.29 is 22.4 Å². The maximum absolute atomic E-state index is 12.3. The molecule has 1 heterocycles. The van der Waals surface area contributed by atoms with Crippen LogP contribution >= 0.6 is 15.9 Å². The van der Waals surface area contributed by atoms with Gasteiger partial charge in [0.1, 0.15) is 0 Å². The minimum absolute atomic E-state index is 0.0283. The summed E-state index contributed by atoms with van der Waals surface area (Å²) in [5.74, 6) is -0.887. The molecule has 0 aliphatic heterocycles. The molecule has 2 aromatic rings. The van der Waals surface area contributed by atoms with Crippen LogP contribution in [0.1, 0.15) is 21.7 Å². The second-order valence-electron chi connectivity index (χ2n) is 5.80. The third kappa shape index (κ3) is 6.19. The van der Waals surface area contributed by atoms with Gasteiger partial charge in [-0.05, 0) is 59.1 Å². The number of benzene rings is 1. The van der Waals surface area contributed by atoms with Crippen LogP contribution in [0, 0.1) is 13.8 Å². The van der Waals surface area contributed by atoms with Gasteiger partial charge < -0.3 is 15.1 Å². The molecular formula is C17H20BrN3O5S. The zero-order valence-electron chi connectivity index (χ0n) is 14.8. The summed E-state index contributed by atoms with van der Waals surface area (Å²) in [6.07, 6.45) is 0. The molecule has 0 atom stereocenters. The number of furan rings is 1. The summed E-state index contributed by atoms with van der Waals surface area (Å²) < 4.78 is 32.6. The van der Waals surface area contributed by atoms with Crippen molar-refractivity contribution in [1.29, 1.82) is 0 Å². The molecule has 0 radical (unpaired) electrons. The first kappa shape index (κ1) is 21.1. The normalized spacial score (nSPS) is 11.2. The average molecular weight is 458 g/mol. The van der Waals surface area contributed by atoms with Crippen molar-refractivity contribution in [3.05, 3.63) is 51.9 Å². The van der Waals surface area contributed by atoms with Gasteiger partial charge in [-0.3, -0.25) is 9.59 Å². The Balaban J connectivity index is 1.75. The SMILES string of the molecule is Cc1ccc(C)c(S(=O)(=O)NCCNC(=O)CNC(=O)c2ccc(Br)o2)c1. The van der Waals surface area contributed by atoms with Crippen molar-refractivity contribution in [2.24, 2.45) is 0 Å². The van der Waals surface area contributed by atoms with E-state index in [-0.39, 0.29) is 30.3 Å². The van der Waals surface area contributed by atoms with E-state index in [1.54, 1.807) is 25.1 Å². The molecule has 1 aromatic heterocycles. The average Bonchev–Trinajstić information content (AvgIpc) is 3.05. The summed E-state index contributed by atoms with van der Waals surface area (Å²) in [5.41, 5.74) is 1.48. The smallest absolute Gasteiger partial charge is 0.287 e. The fourth-order valence-corrected chi connectivity index (χ4v) is 3.87. The minimum atomic E-state index is -3.66. The molecule has 0 aliphatic rings. The van der Waals surface area contributed by atoms with Gasteiger partial charge in [0.05, 0.1) is 11.4 Å². The van der Waals surface area contributed by atoms with Gasteiger partial charge >= 0.3 is 0 Å². The van der Waals surface area contributed by atoms with Gasteiger partial charge in [-0.2, -0.15) is 0 Å². The Bertz CT molecular complexity index is 940. The van der Waals surface area contributed by atoms with Crippen LogP contribution in [-0.4, -0.2) is 39.9 Å². The lowest BCUT2D eigenvalue weighted by Crippen LogP contribution is -2.40. The number of sulfonamides is 1. The Morgan fingerprint density at radius 1 is 1.07 bits per heavy atom. The molecule has 0 spiro atoms. The first-order chi connectivity index (χ1) is 12.7. The van der Waals surface area contributed by atoms with Crippen LogP contribution < -0.4 is 15.4 Å². The summed E-state index contributed by atoms with van der Waals surface area (Å²) >= 11 is 3.08. The number of nitrogens with one attached hydrogen (secondary N) is 3. The predicted octanol–water partition coefficient (Wildman–Crippen LogP) is 1.48. The fraction of sp³-hybridized carbons (Fsp3) is 0.294. The van der Waals surface area contributed by atoms with E-state index in [0.717, 1.165) is 5.56 Å². The number of hydrogen-bond acceptors (Lipinski definition) is 5. The molecule has 0 saturated heterocycles. The Labute approximate surface area is 165 Å². The number of hydrogen-bond donors (Lipinski definition) is 3. The lowest BCUT2D eigenvalue weighted by Gasteiger charge is -2.11. The lowest BCUT2D eigenvalue weighted by atomic mass is 10.2. The van der Waals surface area contributed by atoms with Crippen molar-refractivity contribution in [3.8, 4) is 0 Å². The number of rotatable bonds is 8. The fourth-order valence-electron chi connectivity index (χ4n) is 2.21. The molecule has 0 saturated carbocycles. The van der Waals surface area contributed by atoms with Crippen LogP contribution in [-0.2, 0) is 14.8 Å². The zero-order chi connectivity index (χ0) is 20.0. The molecule has 1 aromatic carbocycles. The summed E-state index contributed by atoms with van der Waals surface area (Å²) in [5, 5.41) is 4.93. The van der Waals surface area contributed by atoms with Crippen LogP contribution in [0.25, 0.3) is 0 Å².